The number of aromatic nitrogens is 1. The van der Waals surface area contributed by atoms with Crippen LogP contribution in [-0.4, -0.2) is 59.5 Å². The highest BCUT2D eigenvalue weighted by Crippen LogP contribution is 2.32. The number of nitrogens with zero attached hydrogens (tertiary/aromatic N) is 3. The molecule has 2 amide bonds. The standard InChI is InChI=1S/C31H36ClN3O3/c1-22-28(31(37)34-19-17-33(18-20-34)30(36)16-7-23-5-3-4-6-23)21-29(24-8-10-25(32)11-9-24)35(22)26-12-14-27(38-2)15-13-26/h8-15,21,23H,3-7,16-20H2,1-2H3. The number of carbonyl (C=O) groups is 2. The summed E-state index contributed by atoms with van der Waals surface area (Å²) in [6.07, 6.45) is 6.78. The van der Waals surface area contributed by atoms with E-state index in [1.54, 1.807) is 7.11 Å². The number of piperazine rings is 1. The van der Waals surface area contributed by atoms with Crippen molar-refractivity contribution in [1.29, 1.82) is 0 Å². The van der Waals surface area contributed by atoms with Gasteiger partial charge in [0.2, 0.25) is 5.91 Å². The van der Waals surface area contributed by atoms with E-state index in [1.165, 1.54) is 25.7 Å². The van der Waals surface area contributed by atoms with E-state index >= 15 is 0 Å². The molecule has 1 aliphatic heterocycles. The van der Waals surface area contributed by atoms with Crippen molar-refractivity contribution in [2.24, 2.45) is 5.92 Å². The summed E-state index contributed by atoms with van der Waals surface area (Å²) in [4.78, 5) is 30.4. The molecule has 200 valence electrons. The Labute approximate surface area is 230 Å². The molecule has 7 heteroatoms. The number of ether oxygens (including phenoxy) is 1. The number of hydrogen-bond acceptors (Lipinski definition) is 3. The zero-order valence-electron chi connectivity index (χ0n) is 22.3. The van der Waals surface area contributed by atoms with E-state index in [4.69, 9.17) is 16.3 Å². The Bertz CT molecular complexity index is 1270. The van der Waals surface area contributed by atoms with Gasteiger partial charge in [0.25, 0.3) is 5.91 Å². The molecule has 2 fully saturated rings. The van der Waals surface area contributed by atoms with Gasteiger partial charge in [0, 0.05) is 49.0 Å². The molecule has 0 bridgehead atoms. The van der Waals surface area contributed by atoms with Gasteiger partial charge in [-0.3, -0.25) is 9.59 Å². The monoisotopic (exact) mass is 533 g/mol. The van der Waals surface area contributed by atoms with Crippen molar-refractivity contribution in [3.8, 4) is 22.7 Å². The summed E-state index contributed by atoms with van der Waals surface area (Å²) in [5.41, 5.74) is 4.40. The summed E-state index contributed by atoms with van der Waals surface area (Å²) in [5, 5.41) is 0.667. The molecular formula is C31H36ClN3O3. The van der Waals surface area contributed by atoms with Crippen LogP contribution in [0, 0.1) is 12.8 Å². The second-order valence-electron chi connectivity index (χ2n) is 10.4. The van der Waals surface area contributed by atoms with Gasteiger partial charge >= 0.3 is 0 Å². The fourth-order valence-corrected chi connectivity index (χ4v) is 5.96. The van der Waals surface area contributed by atoms with Crippen molar-refractivity contribution in [3.05, 3.63) is 70.9 Å². The Morgan fingerprint density at radius 3 is 2.18 bits per heavy atom. The first-order valence-electron chi connectivity index (χ1n) is 13.6. The predicted molar refractivity (Wildman–Crippen MR) is 151 cm³/mol. The van der Waals surface area contributed by atoms with Gasteiger partial charge in [0.1, 0.15) is 5.75 Å². The van der Waals surface area contributed by atoms with Gasteiger partial charge in [-0.05, 0) is 67.3 Å². The molecule has 1 saturated heterocycles. The van der Waals surface area contributed by atoms with Crippen LogP contribution in [0.2, 0.25) is 5.02 Å². The van der Waals surface area contributed by atoms with Crippen LogP contribution in [0.25, 0.3) is 16.9 Å². The minimum atomic E-state index is 0.00281. The predicted octanol–water partition coefficient (Wildman–Crippen LogP) is 6.37. The lowest BCUT2D eigenvalue weighted by Crippen LogP contribution is -2.50. The molecule has 1 aliphatic carbocycles. The summed E-state index contributed by atoms with van der Waals surface area (Å²) in [6.45, 7) is 4.28. The number of hydrogen-bond donors (Lipinski definition) is 0. The molecule has 1 aromatic heterocycles. The van der Waals surface area contributed by atoms with E-state index in [9.17, 15) is 9.59 Å². The molecule has 38 heavy (non-hydrogen) atoms. The van der Waals surface area contributed by atoms with Crippen LogP contribution >= 0.6 is 11.6 Å². The van der Waals surface area contributed by atoms with E-state index in [1.807, 2.05) is 71.3 Å². The minimum absolute atomic E-state index is 0.00281. The first-order valence-corrected chi connectivity index (χ1v) is 14.0. The summed E-state index contributed by atoms with van der Waals surface area (Å²) in [6, 6.07) is 17.5. The SMILES string of the molecule is COc1ccc(-n2c(-c3ccc(Cl)cc3)cc(C(=O)N3CCN(C(=O)CCC4CCCC4)CC3)c2C)cc1. The smallest absolute Gasteiger partial charge is 0.255 e. The summed E-state index contributed by atoms with van der Waals surface area (Å²) in [7, 11) is 1.65. The van der Waals surface area contributed by atoms with Crippen LogP contribution in [0.15, 0.2) is 54.6 Å². The van der Waals surface area contributed by atoms with Crippen LogP contribution in [0.1, 0.15) is 54.6 Å². The molecule has 3 aromatic rings. The topological polar surface area (TPSA) is 54.8 Å². The van der Waals surface area contributed by atoms with Gasteiger partial charge in [-0.15, -0.1) is 0 Å². The summed E-state index contributed by atoms with van der Waals surface area (Å²) in [5.74, 6) is 1.73. The van der Waals surface area contributed by atoms with Gasteiger partial charge in [-0.1, -0.05) is 49.4 Å². The van der Waals surface area contributed by atoms with Crippen LogP contribution in [0.5, 0.6) is 5.75 Å². The molecule has 2 aliphatic rings. The fraction of sp³-hybridized carbons (Fsp3) is 0.419. The Morgan fingerprint density at radius 2 is 1.55 bits per heavy atom. The molecule has 1 saturated carbocycles. The third-order valence-corrected chi connectivity index (χ3v) is 8.36. The van der Waals surface area contributed by atoms with Crippen molar-refractivity contribution in [3.63, 3.8) is 0 Å². The fourth-order valence-electron chi connectivity index (χ4n) is 5.83. The highest BCUT2D eigenvalue weighted by Gasteiger charge is 2.28. The summed E-state index contributed by atoms with van der Waals surface area (Å²) >= 11 is 6.15. The molecule has 5 rings (SSSR count). The lowest BCUT2D eigenvalue weighted by Gasteiger charge is -2.35. The van der Waals surface area contributed by atoms with Crippen LogP contribution in [0.3, 0.4) is 0 Å². The van der Waals surface area contributed by atoms with E-state index in [-0.39, 0.29) is 11.8 Å². The third-order valence-electron chi connectivity index (χ3n) is 8.11. The van der Waals surface area contributed by atoms with Gasteiger partial charge in [-0.25, -0.2) is 0 Å². The molecule has 0 radical (unpaired) electrons. The van der Waals surface area contributed by atoms with Crippen molar-refractivity contribution in [2.75, 3.05) is 33.3 Å². The van der Waals surface area contributed by atoms with E-state index < -0.39 is 0 Å². The molecule has 2 heterocycles. The van der Waals surface area contributed by atoms with Crippen molar-refractivity contribution >= 4 is 23.4 Å². The number of benzene rings is 2. The largest absolute Gasteiger partial charge is 0.497 e. The van der Waals surface area contributed by atoms with Gasteiger partial charge in [-0.2, -0.15) is 0 Å². The lowest BCUT2D eigenvalue weighted by molar-refractivity contribution is -0.133. The average molecular weight is 534 g/mol. The quantitative estimate of drug-likeness (QED) is 0.354. The molecular weight excluding hydrogens is 498 g/mol. The Hall–Kier alpha value is -3.25. The highest BCUT2D eigenvalue weighted by atomic mass is 35.5. The zero-order chi connectivity index (χ0) is 26.6. The van der Waals surface area contributed by atoms with Crippen molar-refractivity contribution < 1.29 is 14.3 Å². The molecule has 0 atom stereocenters. The van der Waals surface area contributed by atoms with Crippen molar-refractivity contribution in [1.82, 2.24) is 14.4 Å². The second-order valence-corrected chi connectivity index (χ2v) is 10.9. The van der Waals surface area contributed by atoms with Gasteiger partial charge < -0.3 is 19.1 Å². The number of halogens is 1. The molecule has 0 unspecified atom stereocenters. The molecule has 0 spiro atoms. The maximum absolute atomic E-state index is 13.7. The van der Waals surface area contributed by atoms with Crippen molar-refractivity contribution in [2.45, 2.75) is 45.4 Å². The normalized spacial score (nSPS) is 16.2. The number of methoxy groups -OCH3 is 1. The van der Waals surface area contributed by atoms with Crippen LogP contribution < -0.4 is 4.74 Å². The maximum Gasteiger partial charge on any atom is 0.255 e. The first-order chi connectivity index (χ1) is 18.4. The second kappa shape index (κ2) is 11.6. The number of amides is 2. The average Bonchev–Trinajstić information content (AvgIpc) is 3.60. The molecule has 0 N–H and O–H groups in total. The highest BCUT2D eigenvalue weighted by molar-refractivity contribution is 6.30. The maximum atomic E-state index is 13.7. The first kappa shape index (κ1) is 26.4. The third kappa shape index (κ3) is 5.60. The van der Waals surface area contributed by atoms with E-state index in [0.717, 1.165) is 40.7 Å². The van der Waals surface area contributed by atoms with Gasteiger partial charge in [0.05, 0.1) is 18.4 Å². The van der Waals surface area contributed by atoms with E-state index in [2.05, 4.69) is 4.57 Å². The van der Waals surface area contributed by atoms with Crippen LogP contribution in [-0.2, 0) is 4.79 Å². The Balaban J connectivity index is 1.34. The Morgan fingerprint density at radius 1 is 0.921 bits per heavy atom. The molecule has 2 aromatic carbocycles. The minimum Gasteiger partial charge on any atom is -0.497 e. The number of carbonyl (C=O) groups excluding carboxylic acids is 2. The Kier molecular flexibility index (Phi) is 8.08. The molecule has 6 nitrogen and oxygen atoms in total. The van der Waals surface area contributed by atoms with E-state index in [0.29, 0.717) is 43.2 Å². The summed E-state index contributed by atoms with van der Waals surface area (Å²) < 4.78 is 7.45. The number of rotatable bonds is 7. The van der Waals surface area contributed by atoms with Crippen LogP contribution in [0.4, 0.5) is 0 Å². The zero-order valence-corrected chi connectivity index (χ0v) is 23.0. The lowest BCUT2D eigenvalue weighted by atomic mass is 10.0. The van der Waals surface area contributed by atoms with Gasteiger partial charge in [0.15, 0.2) is 0 Å².